The van der Waals surface area contributed by atoms with Gasteiger partial charge in [0, 0.05) is 75.1 Å². The summed E-state index contributed by atoms with van der Waals surface area (Å²) >= 11 is 0. The third-order valence-corrected chi connectivity index (χ3v) is 7.52. The number of piperazine rings is 1. The van der Waals surface area contributed by atoms with E-state index < -0.39 is 0 Å². The summed E-state index contributed by atoms with van der Waals surface area (Å²) in [7, 11) is 0. The summed E-state index contributed by atoms with van der Waals surface area (Å²) < 4.78 is 0. The minimum Gasteiger partial charge on any atom is -0.336 e. The largest absolute Gasteiger partial charge is 0.336 e. The van der Waals surface area contributed by atoms with Gasteiger partial charge in [0.15, 0.2) is 0 Å². The summed E-state index contributed by atoms with van der Waals surface area (Å²) in [6, 6.07) is 15.7. The Morgan fingerprint density at radius 1 is 0.757 bits per heavy atom. The molecule has 5 rings (SSSR count). The first-order valence-electron chi connectivity index (χ1n) is 13.2. The monoisotopic (exact) mass is 503 g/mol. The zero-order chi connectivity index (χ0) is 26.2. The maximum absolute atomic E-state index is 13.1. The van der Waals surface area contributed by atoms with Crippen LogP contribution in [-0.2, 0) is 13.0 Å². The summed E-state index contributed by atoms with van der Waals surface area (Å²) in [5.41, 5.74) is 3.46. The van der Waals surface area contributed by atoms with Crippen LogP contribution in [0, 0.1) is 0 Å². The Balaban J connectivity index is 1.11. The summed E-state index contributed by atoms with van der Waals surface area (Å²) in [5, 5.41) is 3.03. The Hall–Kier alpha value is -3.39. The number of urea groups is 1. The van der Waals surface area contributed by atoms with E-state index in [0.29, 0.717) is 32.2 Å². The van der Waals surface area contributed by atoms with E-state index >= 15 is 0 Å². The van der Waals surface area contributed by atoms with Crippen LogP contribution in [0.15, 0.2) is 48.5 Å². The number of nitrogens with zero attached hydrogens (tertiary/aromatic N) is 4. The van der Waals surface area contributed by atoms with Crippen molar-refractivity contribution < 1.29 is 14.4 Å². The average Bonchev–Trinajstić information content (AvgIpc) is 2.86. The van der Waals surface area contributed by atoms with Gasteiger partial charge in [0.25, 0.3) is 11.8 Å². The molecule has 2 aromatic rings. The highest BCUT2D eigenvalue weighted by Crippen LogP contribution is 2.24. The maximum atomic E-state index is 13.1. The summed E-state index contributed by atoms with van der Waals surface area (Å²) in [6.07, 6.45) is 0.753. The Morgan fingerprint density at radius 3 is 2.11 bits per heavy atom. The second-order valence-corrected chi connectivity index (χ2v) is 11.4. The van der Waals surface area contributed by atoms with Gasteiger partial charge >= 0.3 is 6.03 Å². The van der Waals surface area contributed by atoms with E-state index in [-0.39, 0.29) is 23.4 Å². The van der Waals surface area contributed by atoms with Crippen LogP contribution in [0.1, 0.15) is 52.6 Å². The van der Waals surface area contributed by atoms with Crippen LogP contribution in [0.4, 0.5) is 4.79 Å². The van der Waals surface area contributed by atoms with E-state index in [9.17, 15) is 14.4 Å². The number of carbonyl (C=O) groups excluding carboxylic acids is 3. The van der Waals surface area contributed by atoms with Crippen LogP contribution >= 0.6 is 0 Å². The molecular weight excluding hydrogens is 466 g/mol. The Morgan fingerprint density at radius 2 is 1.43 bits per heavy atom. The second-order valence-electron chi connectivity index (χ2n) is 11.4. The van der Waals surface area contributed by atoms with Gasteiger partial charge in [-0.1, -0.05) is 24.3 Å². The lowest BCUT2D eigenvalue weighted by atomic mass is 9.96. The van der Waals surface area contributed by atoms with Gasteiger partial charge in [-0.15, -0.1) is 0 Å². The van der Waals surface area contributed by atoms with Crippen molar-refractivity contribution in [2.24, 2.45) is 0 Å². The smallest absolute Gasteiger partial charge is 0.318 e. The van der Waals surface area contributed by atoms with Crippen molar-refractivity contribution in [1.82, 2.24) is 24.9 Å². The standard InChI is InChI=1S/C29H37N5O3/c1-29(2,3)30-28(37)33-12-11-22-17-23(9-10-24(22)18-33)27(36)34-19-25(20-34)31-13-15-32(16-14-31)26(35)21-7-5-4-6-8-21/h4-10,17,25H,11-16,18-20H2,1-3H3,(H,30,37). The molecule has 0 spiro atoms. The third kappa shape index (κ3) is 5.64. The average molecular weight is 504 g/mol. The highest BCUT2D eigenvalue weighted by atomic mass is 16.2. The minimum absolute atomic E-state index is 0.0461. The number of amides is 4. The number of hydrogen-bond donors (Lipinski definition) is 1. The first-order valence-corrected chi connectivity index (χ1v) is 13.2. The van der Waals surface area contributed by atoms with E-state index in [2.05, 4.69) is 10.2 Å². The molecule has 2 fully saturated rings. The molecule has 8 heteroatoms. The lowest BCUT2D eigenvalue weighted by Gasteiger charge is -2.48. The molecule has 0 saturated carbocycles. The SMILES string of the molecule is CC(C)(C)NC(=O)N1CCc2cc(C(=O)N3CC(N4CCN(C(=O)c5ccccc5)CC4)C3)ccc2C1. The van der Waals surface area contributed by atoms with Crippen LogP contribution < -0.4 is 5.32 Å². The van der Waals surface area contributed by atoms with Crippen molar-refractivity contribution in [3.8, 4) is 0 Å². The van der Waals surface area contributed by atoms with Gasteiger partial charge in [0.2, 0.25) is 0 Å². The number of rotatable bonds is 3. The first-order chi connectivity index (χ1) is 17.7. The molecule has 3 heterocycles. The van der Waals surface area contributed by atoms with Crippen molar-refractivity contribution in [3.05, 3.63) is 70.8 Å². The fraction of sp³-hybridized carbons (Fsp3) is 0.483. The molecule has 0 aliphatic carbocycles. The zero-order valence-electron chi connectivity index (χ0n) is 22.1. The number of carbonyl (C=O) groups is 3. The quantitative estimate of drug-likeness (QED) is 0.699. The Kier molecular flexibility index (Phi) is 6.94. The zero-order valence-corrected chi connectivity index (χ0v) is 22.1. The molecule has 0 radical (unpaired) electrons. The molecule has 1 N–H and O–H groups in total. The number of benzene rings is 2. The summed E-state index contributed by atoms with van der Waals surface area (Å²) in [4.78, 5) is 46.5. The molecule has 0 bridgehead atoms. The van der Waals surface area contributed by atoms with Crippen LogP contribution in [0.5, 0.6) is 0 Å². The third-order valence-electron chi connectivity index (χ3n) is 7.52. The van der Waals surface area contributed by atoms with Gasteiger partial charge in [-0.25, -0.2) is 4.79 Å². The van der Waals surface area contributed by atoms with Crippen molar-refractivity contribution in [3.63, 3.8) is 0 Å². The van der Waals surface area contributed by atoms with Crippen LogP contribution in [-0.4, -0.2) is 94.8 Å². The summed E-state index contributed by atoms with van der Waals surface area (Å²) in [5.74, 6) is 0.167. The molecule has 4 amide bonds. The number of likely N-dealkylation sites (tertiary alicyclic amines) is 1. The maximum Gasteiger partial charge on any atom is 0.318 e. The number of hydrogen-bond acceptors (Lipinski definition) is 4. The predicted molar refractivity (Wildman–Crippen MR) is 142 cm³/mol. The predicted octanol–water partition coefficient (Wildman–Crippen LogP) is 2.84. The number of fused-ring (bicyclic) bond motifs is 1. The second kappa shape index (κ2) is 10.2. The number of nitrogens with one attached hydrogen (secondary N) is 1. The normalized spacial score (nSPS) is 18.7. The van der Waals surface area contributed by atoms with E-state index in [4.69, 9.17) is 0 Å². The molecule has 37 heavy (non-hydrogen) atoms. The van der Waals surface area contributed by atoms with Gasteiger partial charge in [0.1, 0.15) is 0 Å². The van der Waals surface area contributed by atoms with Gasteiger partial charge < -0.3 is 20.0 Å². The molecule has 0 unspecified atom stereocenters. The van der Waals surface area contributed by atoms with Crippen LogP contribution in [0.3, 0.4) is 0 Å². The highest BCUT2D eigenvalue weighted by Gasteiger charge is 2.37. The van der Waals surface area contributed by atoms with Crippen LogP contribution in [0.2, 0.25) is 0 Å². The molecule has 0 atom stereocenters. The van der Waals surface area contributed by atoms with E-state index in [0.717, 1.165) is 54.9 Å². The van der Waals surface area contributed by atoms with Crippen molar-refractivity contribution in [2.75, 3.05) is 45.8 Å². The van der Waals surface area contributed by atoms with E-state index in [1.807, 2.05) is 84.0 Å². The molecule has 8 nitrogen and oxygen atoms in total. The Bertz CT molecular complexity index is 1160. The topological polar surface area (TPSA) is 76.2 Å². The molecule has 2 saturated heterocycles. The lowest BCUT2D eigenvalue weighted by Crippen LogP contribution is -2.64. The van der Waals surface area contributed by atoms with Gasteiger partial charge in [-0.3, -0.25) is 14.5 Å². The lowest BCUT2D eigenvalue weighted by molar-refractivity contribution is 0.00852. The molecule has 3 aliphatic rings. The van der Waals surface area contributed by atoms with Crippen molar-refractivity contribution >= 4 is 17.8 Å². The molecular formula is C29H37N5O3. The highest BCUT2D eigenvalue weighted by molar-refractivity contribution is 5.95. The van der Waals surface area contributed by atoms with Gasteiger partial charge in [-0.2, -0.15) is 0 Å². The first kappa shape index (κ1) is 25.3. The molecule has 196 valence electrons. The van der Waals surface area contributed by atoms with Crippen LogP contribution in [0.25, 0.3) is 0 Å². The molecule has 2 aromatic carbocycles. The molecule has 0 aromatic heterocycles. The van der Waals surface area contributed by atoms with Gasteiger partial charge in [0.05, 0.1) is 0 Å². The summed E-state index contributed by atoms with van der Waals surface area (Å²) in [6.45, 7) is 11.7. The minimum atomic E-state index is -0.268. The van der Waals surface area contributed by atoms with Crippen molar-refractivity contribution in [1.29, 1.82) is 0 Å². The van der Waals surface area contributed by atoms with E-state index in [1.165, 1.54) is 0 Å². The Labute approximate surface area is 219 Å². The fourth-order valence-electron chi connectivity index (χ4n) is 5.35. The molecule has 3 aliphatic heterocycles. The fourth-order valence-corrected chi connectivity index (χ4v) is 5.35. The van der Waals surface area contributed by atoms with Gasteiger partial charge in [-0.05, 0) is 62.6 Å². The van der Waals surface area contributed by atoms with Crippen molar-refractivity contribution in [2.45, 2.75) is 45.3 Å². The van der Waals surface area contributed by atoms with E-state index in [1.54, 1.807) is 0 Å².